The SMILES string of the molecule is CCC(C)Oc1snc2cc(-c3ccc(OC)c(OC)c3)cnc12. The van der Waals surface area contributed by atoms with Gasteiger partial charge in [-0.25, -0.2) is 4.98 Å². The van der Waals surface area contributed by atoms with E-state index in [9.17, 15) is 0 Å². The van der Waals surface area contributed by atoms with Crippen molar-refractivity contribution in [1.82, 2.24) is 9.36 Å². The normalized spacial score (nSPS) is 12.2. The summed E-state index contributed by atoms with van der Waals surface area (Å²) in [4.78, 5) is 4.55. The van der Waals surface area contributed by atoms with Gasteiger partial charge in [0.1, 0.15) is 11.0 Å². The van der Waals surface area contributed by atoms with Crippen LogP contribution in [0, 0.1) is 0 Å². The zero-order chi connectivity index (χ0) is 17.1. The summed E-state index contributed by atoms with van der Waals surface area (Å²) in [5, 5.41) is 0.776. The van der Waals surface area contributed by atoms with E-state index in [1.54, 1.807) is 14.2 Å². The molecule has 0 N–H and O–H groups in total. The molecule has 2 aromatic heterocycles. The number of benzene rings is 1. The van der Waals surface area contributed by atoms with E-state index in [2.05, 4.69) is 16.3 Å². The molecule has 0 saturated heterocycles. The Kier molecular flexibility index (Phi) is 4.85. The second-order valence-corrected chi connectivity index (χ2v) is 6.20. The zero-order valence-corrected chi connectivity index (χ0v) is 15.0. The Morgan fingerprint density at radius 1 is 1.08 bits per heavy atom. The third-order valence-corrected chi connectivity index (χ3v) is 4.63. The van der Waals surface area contributed by atoms with Gasteiger partial charge in [0.15, 0.2) is 11.5 Å². The van der Waals surface area contributed by atoms with Crippen molar-refractivity contribution in [2.45, 2.75) is 26.4 Å². The largest absolute Gasteiger partial charge is 0.493 e. The minimum absolute atomic E-state index is 0.154. The van der Waals surface area contributed by atoms with Crippen LogP contribution >= 0.6 is 11.5 Å². The van der Waals surface area contributed by atoms with Crippen LogP contribution in [0.4, 0.5) is 0 Å². The van der Waals surface area contributed by atoms with Gasteiger partial charge in [0.2, 0.25) is 5.06 Å². The number of aromatic nitrogens is 2. The molecule has 126 valence electrons. The van der Waals surface area contributed by atoms with E-state index in [1.807, 2.05) is 37.4 Å². The molecule has 0 fully saturated rings. The molecule has 0 bridgehead atoms. The van der Waals surface area contributed by atoms with Crippen LogP contribution in [0.5, 0.6) is 16.6 Å². The maximum Gasteiger partial charge on any atom is 0.220 e. The molecule has 2 heterocycles. The van der Waals surface area contributed by atoms with E-state index in [1.165, 1.54) is 11.5 Å². The predicted molar refractivity (Wildman–Crippen MR) is 96.3 cm³/mol. The van der Waals surface area contributed by atoms with Crippen LogP contribution < -0.4 is 14.2 Å². The third kappa shape index (κ3) is 3.14. The van der Waals surface area contributed by atoms with E-state index in [0.717, 1.165) is 33.6 Å². The van der Waals surface area contributed by atoms with Gasteiger partial charge in [0, 0.05) is 23.3 Å². The minimum atomic E-state index is 0.154. The second kappa shape index (κ2) is 7.05. The first kappa shape index (κ1) is 16.5. The summed E-state index contributed by atoms with van der Waals surface area (Å²) in [7, 11) is 3.25. The maximum atomic E-state index is 5.89. The molecular weight excluding hydrogens is 324 g/mol. The lowest BCUT2D eigenvalue weighted by atomic mass is 10.1. The summed E-state index contributed by atoms with van der Waals surface area (Å²) < 4.78 is 21.0. The van der Waals surface area contributed by atoms with Gasteiger partial charge >= 0.3 is 0 Å². The molecule has 5 nitrogen and oxygen atoms in total. The fourth-order valence-corrected chi connectivity index (χ4v) is 3.10. The van der Waals surface area contributed by atoms with Gasteiger partial charge in [-0.3, -0.25) is 0 Å². The summed E-state index contributed by atoms with van der Waals surface area (Å²) in [5.41, 5.74) is 3.62. The number of hydrogen-bond acceptors (Lipinski definition) is 6. The van der Waals surface area contributed by atoms with E-state index in [4.69, 9.17) is 14.2 Å². The van der Waals surface area contributed by atoms with Crippen molar-refractivity contribution in [3.63, 3.8) is 0 Å². The molecule has 0 radical (unpaired) electrons. The Morgan fingerprint density at radius 2 is 1.88 bits per heavy atom. The number of hydrogen-bond donors (Lipinski definition) is 0. The highest BCUT2D eigenvalue weighted by Gasteiger charge is 2.13. The molecule has 1 unspecified atom stereocenters. The Morgan fingerprint density at radius 3 is 2.58 bits per heavy atom. The minimum Gasteiger partial charge on any atom is -0.493 e. The first-order valence-electron chi connectivity index (χ1n) is 7.80. The summed E-state index contributed by atoms with van der Waals surface area (Å²) in [6.45, 7) is 4.14. The van der Waals surface area contributed by atoms with Gasteiger partial charge in [-0.15, -0.1) is 0 Å². The van der Waals surface area contributed by atoms with Gasteiger partial charge in [0.25, 0.3) is 0 Å². The molecule has 3 rings (SSSR count). The molecule has 24 heavy (non-hydrogen) atoms. The number of rotatable bonds is 6. The molecule has 0 amide bonds. The van der Waals surface area contributed by atoms with Gasteiger partial charge in [-0.2, -0.15) is 4.37 Å². The summed E-state index contributed by atoms with van der Waals surface area (Å²) >= 11 is 1.34. The summed E-state index contributed by atoms with van der Waals surface area (Å²) in [6, 6.07) is 7.82. The molecule has 0 aliphatic rings. The first-order valence-corrected chi connectivity index (χ1v) is 8.58. The van der Waals surface area contributed by atoms with E-state index in [0.29, 0.717) is 11.5 Å². The number of ether oxygens (including phenoxy) is 3. The van der Waals surface area contributed by atoms with Crippen LogP contribution in [-0.2, 0) is 0 Å². The van der Waals surface area contributed by atoms with Crippen molar-refractivity contribution in [1.29, 1.82) is 0 Å². The molecule has 0 aliphatic carbocycles. The maximum absolute atomic E-state index is 5.89. The Hall–Kier alpha value is -2.34. The second-order valence-electron chi connectivity index (χ2n) is 5.47. The zero-order valence-electron chi connectivity index (χ0n) is 14.2. The molecule has 0 spiro atoms. The fourth-order valence-electron chi connectivity index (χ4n) is 2.33. The van der Waals surface area contributed by atoms with Crippen molar-refractivity contribution in [2.75, 3.05) is 14.2 Å². The first-order chi connectivity index (χ1) is 11.7. The van der Waals surface area contributed by atoms with Crippen LogP contribution in [0.25, 0.3) is 22.2 Å². The van der Waals surface area contributed by atoms with Gasteiger partial charge in [0.05, 0.1) is 20.3 Å². The monoisotopic (exact) mass is 344 g/mol. The van der Waals surface area contributed by atoms with Gasteiger partial charge < -0.3 is 14.2 Å². The van der Waals surface area contributed by atoms with Gasteiger partial charge in [-0.05, 0) is 37.1 Å². The van der Waals surface area contributed by atoms with Gasteiger partial charge in [-0.1, -0.05) is 13.0 Å². The fraction of sp³-hybridized carbons (Fsp3) is 0.333. The number of nitrogens with zero attached hydrogens (tertiary/aromatic N) is 2. The lowest BCUT2D eigenvalue weighted by molar-refractivity contribution is 0.226. The Bertz CT molecular complexity index is 847. The van der Waals surface area contributed by atoms with Crippen LogP contribution in [-0.4, -0.2) is 29.7 Å². The van der Waals surface area contributed by atoms with Crippen molar-refractivity contribution in [3.05, 3.63) is 30.5 Å². The lowest BCUT2D eigenvalue weighted by Crippen LogP contribution is -2.08. The lowest BCUT2D eigenvalue weighted by Gasteiger charge is -2.10. The number of fused-ring (bicyclic) bond motifs is 1. The Balaban J connectivity index is 1.97. The smallest absolute Gasteiger partial charge is 0.220 e. The number of methoxy groups -OCH3 is 2. The average Bonchev–Trinajstić information content (AvgIpc) is 3.02. The topological polar surface area (TPSA) is 53.5 Å². The highest BCUT2D eigenvalue weighted by molar-refractivity contribution is 7.09. The quantitative estimate of drug-likeness (QED) is 0.656. The van der Waals surface area contributed by atoms with Crippen molar-refractivity contribution in [2.24, 2.45) is 0 Å². The molecule has 6 heteroatoms. The summed E-state index contributed by atoms with van der Waals surface area (Å²) in [5.74, 6) is 1.39. The molecule has 0 saturated carbocycles. The van der Waals surface area contributed by atoms with Crippen molar-refractivity contribution < 1.29 is 14.2 Å². The number of pyridine rings is 1. The molecular formula is C18H20N2O3S. The highest BCUT2D eigenvalue weighted by atomic mass is 32.1. The average molecular weight is 344 g/mol. The van der Waals surface area contributed by atoms with Crippen LogP contribution in [0.15, 0.2) is 30.5 Å². The van der Waals surface area contributed by atoms with E-state index >= 15 is 0 Å². The third-order valence-electron chi connectivity index (χ3n) is 3.89. The predicted octanol–water partition coefficient (Wildman–Crippen LogP) is 4.55. The molecule has 1 aromatic carbocycles. The van der Waals surface area contributed by atoms with Crippen LogP contribution in [0.2, 0.25) is 0 Å². The van der Waals surface area contributed by atoms with E-state index < -0.39 is 0 Å². The highest BCUT2D eigenvalue weighted by Crippen LogP contribution is 2.35. The van der Waals surface area contributed by atoms with Crippen molar-refractivity contribution in [3.8, 4) is 27.7 Å². The van der Waals surface area contributed by atoms with Crippen molar-refractivity contribution >= 4 is 22.6 Å². The molecule has 0 aliphatic heterocycles. The summed E-state index contributed by atoms with van der Waals surface area (Å²) in [6.07, 6.45) is 2.94. The van der Waals surface area contributed by atoms with E-state index in [-0.39, 0.29) is 6.10 Å². The van der Waals surface area contributed by atoms with Crippen LogP contribution in [0.3, 0.4) is 0 Å². The molecule has 1 atom stereocenters. The molecule has 3 aromatic rings. The van der Waals surface area contributed by atoms with Crippen LogP contribution in [0.1, 0.15) is 20.3 Å². The Labute approximate surface area is 145 Å². The standard InChI is InChI=1S/C18H20N2O3S/c1-5-11(2)23-18-17-14(20-24-18)8-13(10-19-17)12-6-7-15(21-3)16(9-12)22-4/h6-11H,5H2,1-4H3.